The summed E-state index contributed by atoms with van der Waals surface area (Å²) in [6, 6.07) is 11.9. The first-order valence-corrected chi connectivity index (χ1v) is 11.0. The van der Waals surface area contributed by atoms with E-state index in [1.807, 2.05) is 51.1 Å². The first-order valence-electron chi connectivity index (χ1n) is 11.0. The summed E-state index contributed by atoms with van der Waals surface area (Å²) in [4.78, 5) is 19.8. The first kappa shape index (κ1) is 23.1. The van der Waals surface area contributed by atoms with E-state index in [-0.39, 0.29) is 11.9 Å². The van der Waals surface area contributed by atoms with Gasteiger partial charge in [0.25, 0.3) is 0 Å². The second-order valence-corrected chi connectivity index (χ2v) is 9.22. The van der Waals surface area contributed by atoms with Crippen molar-refractivity contribution >= 4 is 5.91 Å². The molecule has 0 aliphatic carbocycles. The number of ether oxygens (including phenoxy) is 2. The van der Waals surface area contributed by atoms with E-state index in [4.69, 9.17) is 9.47 Å². The fraction of sp³-hybridized carbons (Fsp3) is 0.520. The Balaban J connectivity index is 1.69. The molecule has 6 nitrogen and oxygen atoms in total. The fourth-order valence-electron chi connectivity index (χ4n) is 4.11. The van der Waals surface area contributed by atoms with Crippen molar-refractivity contribution in [2.75, 3.05) is 27.3 Å². The normalized spacial score (nSPS) is 16.5. The Morgan fingerprint density at radius 1 is 1.13 bits per heavy atom. The zero-order valence-electron chi connectivity index (χ0n) is 19.4. The van der Waals surface area contributed by atoms with Crippen molar-refractivity contribution < 1.29 is 14.3 Å². The number of carbonyl (C=O) groups is 1. The highest BCUT2D eigenvalue weighted by molar-refractivity contribution is 5.81. The van der Waals surface area contributed by atoms with Gasteiger partial charge in [-0.3, -0.25) is 14.7 Å². The maximum Gasteiger partial charge on any atom is 0.225 e. The molecule has 168 valence electrons. The molecule has 1 saturated heterocycles. The smallest absolute Gasteiger partial charge is 0.225 e. The third kappa shape index (κ3) is 5.76. The van der Waals surface area contributed by atoms with Crippen LogP contribution < -0.4 is 14.8 Å². The van der Waals surface area contributed by atoms with Crippen LogP contribution in [0.4, 0.5) is 0 Å². The van der Waals surface area contributed by atoms with E-state index in [0.717, 1.165) is 55.2 Å². The van der Waals surface area contributed by atoms with Crippen LogP contribution in [0.1, 0.15) is 50.9 Å². The van der Waals surface area contributed by atoms with Gasteiger partial charge in [0.2, 0.25) is 5.91 Å². The van der Waals surface area contributed by atoms with Gasteiger partial charge < -0.3 is 14.8 Å². The van der Waals surface area contributed by atoms with Gasteiger partial charge in [0, 0.05) is 23.7 Å². The zero-order valence-corrected chi connectivity index (χ0v) is 19.4. The summed E-state index contributed by atoms with van der Waals surface area (Å²) >= 11 is 0. The van der Waals surface area contributed by atoms with Crippen LogP contribution in [0.3, 0.4) is 0 Å². The quantitative estimate of drug-likeness (QED) is 0.720. The van der Waals surface area contributed by atoms with E-state index in [2.05, 4.69) is 21.3 Å². The minimum atomic E-state index is -0.434. The number of amides is 1. The molecule has 3 rings (SSSR count). The van der Waals surface area contributed by atoms with Crippen molar-refractivity contribution in [3.05, 3.63) is 53.9 Å². The number of piperidine rings is 1. The van der Waals surface area contributed by atoms with Crippen LogP contribution in [0, 0.1) is 11.3 Å². The molecule has 6 heteroatoms. The molecule has 1 aromatic carbocycles. The maximum atomic E-state index is 12.8. The molecule has 0 bridgehead atoms. The largest absolute Gasteiger partial charge is 0.493 e. The topological polar surface area (TPSA) is 63.7 Å². The van der Waals surface area contributed by atoms with Gasteiger partial charge in [-0.2, -0.15) is 0 Å². The van der Waals surface area contributed by atoms with Crippen molar-refractivity contribution in [2.45, 2.75) is 46.2 Å². The number of rotatable bonds is 7. The summed E-state index contributed by atoms with van der Waals surface area (Å²) in [6.07, 6.45) is 3.80. The number of nitrogens with one attached hydrogen (secondary N) is 1. The number of carbonyl (C=O) groups excluding carboxylic acids is 1. The highest BCUT2D eigenvalue weighted by atomic mass is 16.5. The standard InChI is InChI=1S/C25H35N3O3/c1-25(2,3)24(29)27-22(20-10-6-7-14-26-20)18-12-15-28(16-13-18)17-19-9-8-11-21(30-4)23(19)31-5/h6-11,14,18,22H,12-13,15-17H2,1-5H3,(H,27,29). The monoisotopic (exact) mass is 425 g/mol. The van der Waals surface area contributed by atoms with Crippen LogP contribution in [0.25, 0.3) is 0 Å². The summed E-state index contributed by atoms with van der Waals surface area (Å²) in [5.41, 5.74) is 1.63. The average Bonchev–Trinajstić information content (AvgIpc) is 2.77. The van der Waals surface area contributed by atoms with E-state index < -0.39 is 5.41 Å². The molecule has 1 fully saturated rings. The van der Waals surface area contributed by atoms with Crippen LogP contribution >= 0.6 is 0 Å². The summed E-state index contributed by atoms with van der Waals surface area (Å²) in [7, 11) is 3.35. The van der Waals surface area contributed by atoms with Crippen molar-refractivity contribution in [3.8, 4) is 11.5 Å². The van der Waals surface area contributed by atoms with Crippen molar-refractivity contribution in [1.29, 1.82) is 0 Å². The molecule has 1 aliphatic heterocycles. The van der Waals surface area contributed by atoms with E-state index in [1.165, 1.54) is 0 Å². The number of nitrogens with zero attached hydrogens (tertiary/aromatic N) is 2. The highest BCUT2D eigenvalue weighted by Gasteiger charge is 2.32. The molecule has 1 atom stereocenters. The van der Waals surface area contributed by atoms with Gasteiger partial charge in [-0.15, -0.1) is 0 Å². The van der Waals surface area contributed by atoms with Gasteiger partial charge in [0.05, 0.1) is 26.0 Å². The number of likely N-dealkylation sites (tertiary alicyclic amines) is 1. The SMILES string of the molecule is COc1cccc(CN2CCC(C(NC(=O)C(C)(C)C)c3ccccn3)CC2)c1OC. The Bertz CT molecular complexity index is 856. The molecule has 2 aromatic rings. The average molecular weight is 426 g/mol. The second kappa shape index (κ2) is 10.1. The lowest BCUT2D eigenvalue weighted by Gasteiger charge is -2.37. The molecule has 1 amide bonds. The van der Waals surface area contributed by atoms with Crippen LogP contribution in [-0.2, 0) is 11.3 Å². The van der Waals surface area contributed by atoms with E-state index in [1.54, 1.807) is 20.4 Å². The first-order chi connectivity index (χ1) is 14.8. The number of benzene rings is 1. The molecule has 0 saturated carbocycles. The van der Waals surface area contributed by atoms with Gasteiger partial charge in [-0.1, -0.05) is 39.0 Å². The van der Waals surface area contributed by atoms with Crippen LogP contribution in [0.5, 0.6) is 11.5 Å². The van der Waals surface area contributed by atoms with Gasteiger partial charge in [-0.25, -0.2) is 0 Å². The van der Waals surface area contributed by atoms with Crippen molar-refractivity contribution in [1.82, 2.24) is 15.2 Å². The second-order valence-electron chi connectivity index (χ2n) is 9.22. The Morgan fingerprint density at radius 2 is 1.87 bits per heavy atom. The molecule has 1 aromatic heterocycles. The number of hydrogen-bond donors (Lipinski definition) is 1. The summed E-state index contributed by atoms with van der Waals surface area (Å²) < 4.78 is 11.0. The molecule has 31 heavy (non-hydrogen) atoms. The van der Waals surface area contributed by atoms with Crippen molar-refractivity contribution in [3.63, 3.8) is 0 Å². The summed E-state index contributed by atoms with van der Waals surface area (Å²) in [5, 5.41) is 3.28. The Labute approximate surface area is 186 Å². The molecule has 1 aliphatic rings. The lowest BCUT2D eigenvalue weighted by Crippen LogP contribution is -2.44. The van der Waals surface area contributed by atoms with Crippen LogP contribution in [0.2, 0.25) is 0 Å². The van der Waals surface area contributed by atoms with Gasteiger partial charge in [-0.05, 0) is 50.0 Å². The third-order valence-electron chi connectivity index (χ3n) is 5.96. The Hall–Kier alpha value is -2.60. The van der Waals surface area contributed by atoms with E-state index in [0.29, 0.717) is 5.92 Å². The maximum absolute atomic E-state index is 12.8. The zero-order chi connectivity index (χ0) is 22.4. The van der Waals surface area contributed by atoms with Crippen LogP contribution in [-0.4, -0.2) is 43.1 Å². The summed E-state index contributed by atoms with van der Waals surface area (Å²) in [6.45, 7) is 8.57. The van der Waals surface area contributed by atoms with Crippen LogP contribution in [0.15, 0.2) is 42.6 Å². The van der Waals surface area contributed by atoms with Gasteiger partial charge in [0.15, 0.2) is 11.5 Å². The van der Waals surface area contributed by atoms with E-state index >= 15 is 0 Å². The molecule has 2 heterocycles. The third-order valence-corrected chi connectivity index (χ3v) is 5.96. The van der Waals surface area contributed by atoms with Gasteiger partial charge >= 0.3 is 0 Å². The number of hydrogen-bond acceptors (Lipinski definition) is 5. The summed E-state index contributed by atoms with van der Waals surface area (Å²) in [5.74, 6) is 1.97. The molecule has 1 N–H and O–H groups in total. The minimum absolute atomic E-state index is 0.0618. The molecular weight excluding hydrogens is 390 g/mol. The number of aromatic nitrogens is 1. The Kier molecular flexibility index (Phi) is 7.55. The molecular formula is C25H35N3O3. The predicted octanol–water partition coefficient (Wildman–Crippen LogP) is 4.21. The lowest BCUT2D eigenvalue weighted by atomic mass is 9.85. The molecule has 0 radical (unpaired) electrons. The van der Waals surface area contributed by atoms with Crippen molar-refractivity contribution in [2.24, 2.45) is 11.3 Å². The molecule has 0 spiro atoms. The number of para-hydroxylation sites is 1. The highest BCUT2D eigenvalue weighted by Crippen LogP contribution is 2.34. The fourth-order valence-corrected chi connectivity index (χ4v) is 4.11. The number of pyridine rings is 1. The number of methoxy groups -OCH3 is 2. The minimum Gasteiger partial charge on any atom is -0.493 e. The molecule has 1 unspecified atom stereocenters. The lowest BCUT2D eigenvalue weighted by molar-refractivity contribution is -0.129. The van der Waals surface area contributed by atoms with E-state index in [9.17, 15) is 4.79 Å². The predicted molar refractivity (Wildman–Crippen MR) is 122 cm³/mol. The Morgan fingerprint density at radius 3 is 2.45 bits per heavy atom. The van der Waals surface area contributed by atoms with Gasteiger partial charge in [0.1, 0.15) is 0 Å².